The molecule has 0 unspecified atom stereocenters. The minimum absolute atomic E-state index is 0.0225. The molecule has 0 heterocycles. The smallest absolute Gasteiger partial charge is 0.374 e. The monoisotopic (exact) mass is 430 g/mol. The Balaban J connectivity index is 3.12. The van der Waals surface area contributed by atoms with Crippen LogP contribution >= 0.6 is 0 Å². The third-order valence-corrected chi connectivity index (χ3v) is 6.83. The Kier molecular flexibility index (Phi) is 9.27. The number of hydrogen-bond acceptors (Lipinski definition) is 4. The number of halogens is 5. The first-order valence-corrected chi connectivity index (χ1v) is 10.6. The molecule has 1 aromatic rings. The molecule has 1 rings (SSSR count). The average Bonchev–Trinajstić information content (AvgIpc) is 2.64. The molecule has 0 atom stereocenters. The van der Waals surface area contributed by atoms with E-state index in [0.717, 1.165) is 0 Å². The minimum atomic E-state index is -3.13. The average molecular weight is 430 g/mol. The van der Waals surface area contributed by atoms with E-state index in [1.54, 1.807) is 20.8 Å². The Morgan fingerprint density at radius 2 is 1.25 bits per heavy atom. The Labute approximate surface area is 160 Å². The number of hydrogen-bond donors (Lipinski definition) is 1. The highest BCUT2D eigenvalue weighted by molar-refractivity contribution is 6.60. The standard InChI is InChI=1S/C16H23F5N2O4Si/c1-4-25-28(26-5-2,27-6-3)9-7-8-23(16(22)24)15-13(20)11(18)10(17)12(19)14(15)21/h4-9H2,1-3H3,(H2,22,24). The summed E-state index contributed by atoms with van der Waals surface area (Å²) in [5, 5.41) is 0. The van der Waals surface area contributed by atoms with Crippen molar-refractivity contribution >= 4 is 20.5 Å². The maximum atomic E-state index is 14.0. The van der Waals surface area contributed by atoms with Gasteiger partial charge in [0.05, 0.1) is 0 Å². The highest BCUT2D eigenvalue weighted by Crippen LogP contribution is 2.31. The van der Waals surface area contributed by atoms with Gasteiger partial charge in [-0.3, -0.25) is 4.90 Å². The molecule has 160 valence electrons. The van der Waals surface area contributed by atoms with Gasteiger partial charge in [-0.2, -0.15) is 0 Å². The topological polar surface area (TPSA) is 74.0 Å². The lowest BCUT2D eigenvalue weighted by atomic mass is 10.2. The molecule has 0 aliphatic carbocycles. The molecule has 0 aromatic heterocycles. The maximum absolute atomic E-state index is 14.0. The molecule has 0 saturated carbocycles. The highest BCUT2D eigenvalue weighted by Gasteiger charge is 2.40. The second-order valence-electron chi connectivity index (χ2n) is 5.49. The van der Waals surface area contributed by atoms with Crippen LogP contribution < -0.4 is 10.6 Å². The lowest BCUT2D eigenvalue weighted by molar-refractivity contribution is 0.0709. The molecule has 0 spiro atoms. The van der Waals surface area contributed by atoms with Crippen molar-refractivity contribution in [1.82, 2.24) is 0 Å². The van der Waals surface area contributed by atoms with Gasteiger partial charge in [-0.15, -0.1) is 0 Å². The van der Waals surface area contributed by atoms with Crippen molar-refractivity contribution in [3.8, 4) is 0 Å². The highest BCUT2D eigenvalue weighted by atomic mass is 28.4. The van der Waals surface area contributed by atoms with E-state index in [1.807, 2.05) is 0 Å². The molecular weight excluding hydrogens is 407 g/mol. The molecule has 1 aromatic carbocycles. The summed E-state index contributed by atoms with van der Waals surface area (Å²) in [4.78, 5) is 11.9. The number of urea groups is 1. The Morgan fingerprint density at radius 3 is 1.61 bits per heavy atom. The first-order valence-electron chi connectivity index (χ1n) is 8.65. The van der Waals surface area contributed by atoms with Crippen LogP contribution in [0.3, 0.4) is 0 Å². The third kappa shape index (κ3) is 5.40. The molecule has 0 aliphatic heterocycles. The van der Waals surface area contributed by atoms with E-state index >= 15 is 0 Å². The number of amides is 2. The fourth-order valence-electron chi connectivity index (χ4n) is 2.62. The number of benzene rings is 1. The van der Waals surface area contributed by atoms with E-state index in [1.165, 1.54) is 0 Å². The van der Waals surface area contributed by atoms with E-state index in [2.05, 4.69) is 0 Å². The normalized spacial score (nSPS) is 11.7. The van der Waals surface area contributed by atoms with Gasteiger partial charge in [0.15, 0.2) is 23.3 Å². The van der Waals surface area contributed by atoms with Crippen LogP contribution in [0.2, 0.25) is 6.04 Å². The van der Waals surface area contributed by atoms with Gasteiger partial charge < -0.3 is 19.0 Å². The van der Waals surface area contributed by atoms with Crippen molar-refractivity contribution < 1.29 is 40.0 Å². The molecule has 0 radical (unpaired) electrons. The van der Waals surface area contributed by atoms with Crippen LogP contribution in [0.5, 0.6) is 0 Å². The zero-order valence-corrected chi connectivity index (χ0v) is 16.8. The van der Waals surface area contributed by atoms with Gasteiger partial charge >= 0.3 is 14.8 Å². The van der Waals surface area contributed by atoms with Crippen LogP contribution in [0.1, 0.15) is 27.2 Å². The van der Waals surface area contributed by atoms with Crippen molar-refractivity contribution in [2.75, 3.05) is 31.3 Å². The first-order chi connectivity index (χ1) is 13.2. The number of carbonyl (C=O) groups excluding carboxylic acids is 1. The van der Waals surface area contributed by atoms with Crippen molar-refractivity contribution in [1.29, 1.82) is 0 Å². The summed E-state index contributed by atoms with van der Waals surface area (Å²) in [6.07, 6.45) is 0.0225. The second-order valence-corrected chi connectivity index (χ2v) is 8.23. The van der Waals surface area contributed by atoms with E-state index in [4.69, 9.17) is 19.0 Å². The quantitative estimate of drug-likeness (QED) is 0.251. The maximum Gasteiger partial charge on any atom is 0.500 e. The Bertz CT molecular complexity index is 649. The van der Waals surface area contributed by atoms with Crippen molar-refractivity contribution in [3.63, 3.8) is 0 Å². The van der Waals surface area contributed by atoms with E-state index in [0.29, 0.717) is 4.90 Å². The SMILES string of the molecule is CCO[Si](CCCN(C(N)=O)c1c(F)c(F)c(F)c(F)c1F)(OCC)OCC. The third-order valence-electron chi connectivity index (χ3n) is 3.68. The second kappa shape index (κ2) is 10.7. The van der Waals surface area contributed by atoms with Crippen LogP contribution in [0, 0.1) is 29.1 Å². The summed E-state index contributed by atoms with van der Waals surface area (Å²) in [5.74, 6) is -10.9. The fraction of sp³-hybridized carbons (Fsp3) is 0.562. The predicted octanol–water partition coefficient (Wildman–Crippen LogP) is 3.71. The van der Waals surface area contributed by atoms with Crippen LogP contribution in [-0.4, -0.2) is 41.2 Å². The number of nitrogens with zero attached hydrogens (tertiary/aromatic N) is 1. The lowest BCUT2D eigenvalue weighted by Crippen LogP contribution is -2.47. The summed E-state index contributed by atoms with van der Waals surface area (Å²) in [6.45, 7) is 5.59. The molecule has 28 heavy (non-hydrogen) atoms. The first kappa shape index (κ1) is 24.3. The number of anilines is 1. The number of primary amides is 1. The zero-order valence-electron chi connectivity index (χ0n) is 15.8. The molecular formula is C16H23F5N2O4Si. The molecule has 0 bridgehead atoms. The Hall–Kier alpha value is -1.76. The van der Waals surface area contributed by atoms with Gasteiger partial charge in [-0.05, 0) is 27.2 Å². The van der Waals surface area contributed by atoms with Crippen LogP contribution in [-0.2, 0) is 13.3 Å². The fourth-order valence-corrected chi connectivity index (χ4v) is 5.21. The predicted molar refractivity (Wildman–Crippen MR) is 93.2 cm³/mol. The van der Waals surface area contributed by atoms with E-state index in [-0.39, 0.29) is 32.3 Å². The molecule has 2 amide bonds. The minimum Gasteiger partial charge on any atom is -0.374 e. The van der Waals surface area contributed by atoms with Crippen LogP contribution in [0.25, 0.3) is 0 Å². The summed E-state index contributed by atoms with van der Waals surface area (Å²) in [7, 11) is -3.13. The molecule has 0 saturated heterocycles. The summed E-state index contributed by atoms with van der Waals surface area (Å²) in [5.41, 5.74) is 3.70. The lowest BCUT2D eigenvalue weighted by Gasteiger charge is -2.29. The summed E-state index contributed by atoms with van der Waals surface area (Å²) < 4.78 is 84.9. The van der Waals surface area contributed by atoms with Gasteiger partial charge in [0.2, 0.25) is 5.82 Å². The van der Waals surface area contributed by atoms with Crippen molar-refractivity contribution in [2.24, 2.45) is 5.73 Å². The van der Waals surface area contributed by atoms with Crippen molar-refractivity contribution in [2.45, 2.75) is 33.2 Å². The van der Waals surface area contributed by atoms with Gasteiger partial charge in [-0.1, -0.05) is 0 Å². The van der Waals surface area contributed by atoms with E-state index < -0.39 is 56.2 Å². The molecule has 0 fully saturated rings. The van der Waals surface area contributed by atoms with Crippen LogP contribution in [0.15, 0.2) is 0 Å². The summed E-state index contributed by atoms with van der Waals surface area (Å²) >= 11 is 0. The van der Waals surface area contributed by atoms with Gasteiger partial charge in [0, 0.05) is 32.4 Å². The zero-order chi connectivity index (χ0) is 21.5. The van der Waals surface area contributed by atoms with E-state index in [9.17, 15) is 26.7 Å². The van der Waals surface area contributed by atoms with Gasteiger partial charge in [0.1, 0.15) is 5.69 Å². The molecule has 2 N–H and O–H groups in total. The summed E-state index contributed by atoms with van der Waals surface area (Å²) in [6, 6.07) is -1.23. The number of nitrogens with two attached hydrogens (primary N) is 1. The van der Waals surface area contributed by atoms with Gasteiger partial charge in [-0.25, -0.2) is 26.7 Å². The van der Waals surface area contributed by atoms with Crippen LogP contribution in [0.4, 0.5) is 32.4 Å². The number of carbonyl (C=O) groups is 1. The molecule has 12 heteroatoms. The molecule has 0 aliphatic rings. The van der Waals surface area contributed by atoms with Gasteiger partial charge in [0.25, 0.3) is 0 Å². The number of rotatable bonds is 11. The molecule has 6 nitrogen and oxygen atoms in total. The largest absolute Gasteiger partial charge is 0.500 e. The van der Waals surface area contributed by atoms with Crippen molar-refractivity contribution in [3.05, 3.63) is 29.1 Å². The Morgan fingerprint density at radius 1 is 0.857 bits per heavy atom.